The lowest BCUT2D eigenvalue weighted by Crippen LogP contribution is -2.56. The number of aromatic nitrogens is 2. The summed E-state index contributed by atoms with van der Waals surface area (Å²) in [6, 6.07) is 1.75. The molecule has 1 aliphatic carbocycles. The molecule has 2 saturated heterocycles. The zero-order valence-electron chi connectivity index (χ0n) is 18.7. The molecule has 0 spiro atoms. The Balaban J connectivity index is 1.34. The molecule has 3 fully saturated rings. The van der Waals surface area contributed by atoms with Gasteiger partial charge in [-0.2, -0.15) is 0 Å². The van der Waals surface area contributed by atoms with Crippen LogP contribution in [0, 0.1) is 11.8 Å². The van der Waals surface area contributed by atoms with Crippen molar-refractivity contribution in [3.8, 4) is 0 Å². The van der Waals surface area contributed by atoms with Crippen LogP contribution in [0.15, 0.2) is 12.4 Å². The lowest BCUT2D eigenvalue weighted by Gasteiger charge is -2.42. The first-order chi connectivity index (χ1) is 13.9. The molecule has 0 aromatic carbocycles. The fourth-order valence-corrected chi connectivity index (χ4v) is 5.58. The molecular formula is C24H38N4O. The van der Waals surface area contributed by atoms with E-state index in [1.807, 2.05) is 13.8 Å². The average molecular weight is 399 g/mol. The van der Waals surface area contributed by atoms with Crippen molar-refractivity contribution in [2.45, 2.75) is 96.7 Å². The van der Waals surface area contributed by atoms with Crippen molar-refractivity contribution < 1.29 is 4.79 Å². The van der Waals surface area contributed by atoms with Gasteiger partial charge in [0.1, 0.15) is 5.78 Å². The third kappa shape index (κ3) is 4.50. The van der Waals surface area contributed by atoms with Crippen molar-refractivity contribution in [3.63, 3.8) is 0 Å². The Morgan fingerprint density at radius 2 is 1.55 bits per heavy atom. The van der Waals surface area contributed by atoms with E-state index in [0.717, 1.165) is 51.1 Å². The maximum atomic E-state index is 12.0. The van der Waals surface area contributed by atoms with Crippen molar-refractivity contribution >= 4 is 11.7 Å². The lowest BCUT2D eigenvalue weighted by atomic mass is 9.77. The smallest absolute Gasteiger partial charge is 0.225 e. The van der Waals surface area contributed by atoms with Crippen LogP contribution in [-0.4, -0.2) is 51.9 Å². The molecule has 2 unspecified atom stereocenters. The third-order valence-corrected chi connectivity index (χ3v) is 7.58. The van der Waals surface area contributed by atoms with Crippen LogP contribution >= 0.6 is 0 Å². The summed E-state index contributed by atoms with van der Waals surface area (Å²) in [5.41, 5.74) is 1.29. The Morgan fingerprint density at radius 3 is 2.07 bits per heavy atom. The van der Waals surface area contributed by atoms with Gasteiger partial charge in [0.15, 0.2) is 0 Å². The summed E-state index contributed by atoms with van der Waals surface area (Å²) in [5.74, 6) is 2.67. The molecule has 5 nitrogen and oxygen atoms in total. The zero-order chi connectivity index (χ0) is 20.5. The summed E-state index contributed by atoms with van der Waals surface area (Å²) in [7, 11) is 0. The number of carbonyl (C=O) groups is 1. The molecule has 160 valence electrons. The van der Waals surface area contributed by atoms with Gasteiger partial charge in [0.05, 0.1) is 0 Å². The second-order valence-electron chi connectivity index (χ2n) is 10.2. The highest BCUT2D eigenvalue weighted by atomic mass is 16.1. The summed E-state index contributed by atoms with van der Waals surface area (Å²) < 4.78 is 0. The highest BCUT2D eigenvalue weighted by Crippen LogP contribution is 2.38. The number of likely N-dealkylation sites (tertiary alicyclic amines) is 1. The summed E-state index contributed by atoms with van der Waals surface area (Å²) in [5, 5.41) is 0. The Kier molecular flexibility index (Phi) is 6.24. The summed E-state index contributed by atoms with van der Waals surface area (Å²) in [6.45, 7) is 10.9. The van der Waals surface area contributed by atoms with Crippen molar-refractivity contribution in [1.29, 1.82) is 0 Å². The number of hydrogen-bond acceptors (Lipinski definition) is 5. The van der Waals surface area contributed by atoms with E-state index in [2.05, 4.69) is 36.0 Å². The van der Waals surface area contributed by atoms with Crippen molar-refractivity contribution in [2.75, 3.05) is 18.0 Å². The lowest BCUT2D eigenvalue weighted by molar-refractivity contribution is -0.123. The van der Waals surface area contributed by atoms with Crippen LogP contribution in [-0.2, 0) is 4.79 Å². The third-order valence-electron chi connectivity index (χ3n) is 7.58. The molecule has 1 saturated carbocycles. The van der Waals surface area contributed by atoms with Crippen LogP contribution in [0.2, 0.25) is 0 Å². The molecule has 4 rings (SSSR count). The van der Waals surface area contributed by atoms with Gasteiger partial charge in [0.25, 0.3) is 0 Å². The standard InChI is InChI=1S/C24H38N4O/c1-16(2)23(29)11-18-5-7-19(8-6-18)20-12-25-24(26-13-20)28-21-9-10-22(28)15-27(14-21)17(3)4/h12-13,16-19,21-22H,5-11,14-15H2,1-4H3. The summed E-state index contributed by atoms with van der Waals surface area (Å²) in [6.07, 6.45) is 12.1. The second kappa shape index (κ2) is 8.71. The summed E-state index contributed by atoms with van der Waals surface area (Å²) in [4.78, 5) is 26.8. The van der Waals surface area contributed by atoms with Crippen LogP contribution in [0.25, 0.3) is 0 Å². The van der Waals surface area contributed by atoms with Crippen molar-refractivity contribution in [2.24, 2.45) is 11.8 Å². The number of Topliss-reactive ketones (excluding diaryl/α,β-unsaturated/α-hetero) is 1. The first kappa shape index (κ1) is 20.8. The van der Waals surface area contributed by atoms with Gasteiger partial charge in [0, 0.05) is 55.9 Å². The van der Waals surface area contributed by atoms with Crippen LogP contribution < -0.4 is 4.90 Å². The van der Waals surface area contributed by atoms with Crippen LogP contribution in [0.5, 0.6) is 0 Å². The van der Waals surface area contributed by atoms with E-state index < -0.39 is 0 Å². The molecule has 1 aromatic rings. The Morgan fingerprint density at radius 1 is 0.966 bits per heavy atom. The van der Waals surface area contributed by atoms with Gasteiger partial charge in [-0.15, -0.1) is 0 Å². The van der Waals surface area contributed by atoms with E-state index in [4.69, 9.17) is 9.97 Å². The molecule has 1 aromatic heterocycles. The maximum absolute atomic E-state index is 12.0. The minimum absolute atomic E-state index is 0.173. The van der Waals surface area contributed by atoms with Gasteiger partial charge in [-0.1, -0.05) is 13.8 Å². The number of carbonyl (C=O) groups excluding carboxylic acids is 1. The molecule has 3 aliphatic rings. The fraction of sp³-hybridized carbons (Fsp3) is 0.792. The van der Waals surface area contributed by atoms with E-state index in [-0.39, 0.29) is 5.92 Å². The molecule has 2 atom stereocenters. The quantitative estimate of drug-likeness (QED) is 0.710. The second-order valence-corrected chi connectivity index (χ2v) is 10.2. The SMILES string of the molecule is CC(C)C(=O)CC1CCC(c2cnc(N3C4CCC3CN(C(C)C)C4)nc2)CC1. The topological polar surface area (TPSA) is 49.3 Å². The highest BCUT2D eigenvalue weighted by molar-refractivity contribution is 5.80. The van der Waals surface area contributed by atoms with Crippen LogP contribution in [0.1, 0.15) is 84.1 Å². The number of hydrogen-bond donors (Lipinski definition) is 0. The van der Waals surface area contributed by atoms with Crippen molar-refractivity contribution in [1.82, 2.24) is 14.9 Å². The van der Waals surface area contributed by atoms with E-state index in [0.29, 0.717) is 35.7 Å². The molecule has 29 heavy (non-hydrogen) atoms. The number of anilines is 1. The fourth-order valence-electron chi connectivity index (χ4n) is 5.58. The normalized spacial score (nSPS) is 30.3. The Hall–Kier alpha value is -1.49. The predicted molar refractivity (Wildman–Crippen MR) is 117 cm³/mol. The van der Waals surface area contributed by atoms with Gasteiger partial charge in [-0.05, 0) is 69.8 Å². The largest absolute Gasteiger partial charge is 0.332 e. The zero-order valence-corrected chi connectivity index (χ0v) is 18.7. The first-order valence-electron chi connectivity index (χ1n) is 11.8. The molecule has 5 heteroatoms. The van der Waals surface area contributed by atoms with Gasteiger partial charge in [-0.25, -0.2) is 9.97 Å². The first-order valence-corrected chi connectivity index (χ1v) is 11.8. The Bertz CT molecular complexity index is 679. The van der Waals surface area contributed by atoms with E-state index >= 15 is 0 Å². The number of ketones is 1. The minimum Gasteiger partial charge on any atom is -0.332 e. The minimum atomic E-state index is 0.173. The van der Waals surface area contributed by atoms with Crippen LogP contribution in [0.3, 0.4) is 0 Å². The number of piperazine rings is 1. The molecule has 0 radical (unpaired) electrons. The van der Waals surface area contributed by atoms with E-state index in [9.17, 15) is 4.79 Å². The average Bonchev–Trinajstić information content (AvgIpc) is 2.97. The monoisotopic (exact) mass is 398 g/mol. The highest BCUT2D eigenvalue weighted by Gasteiger charge is 2.41. The predicted octanol–water partition coefficient (Wildman–Crippen LogP) is 4.43. The van der Waals surface area contributed by atoms with Crippen molar-refractivity contribution in [3.05, 3.63) is 18.0 Å². The van der Waals surface area contributed by atoms with E-state index in [1.54, 1.807) is 0 Å². The van der Waals surface area contributed by atoms with Gasteiger partial charge in [-0.3, -0.25) is 9.69 Å². The van der Waals surface area contributed by atoms with Gasteiger partial charge >= 0.3 is 0 Å². The number of rotatable bonds is 6. The van der Waals surface area contributed by atoms with E-state index in [1.165, 1.54) is 18.4 Å². The molecule has 0 amide bonds. The summed E-state index contributed by atoms with van der Waals surface area (Å²) >= 11 is 0. The van der Waals surface area contributed by atoms with Gasteiger partial charge in [0.2, 0.25) is 5.95 Å². The number of nitrogens with zero attached hydrogens (tertiary/aromatic N) is 4. The molecule has 2 aliphatic heterocycles. The molecule has 3 heterocycles. The van der Waals surface area contributed by atoms with Crippen LogP contribution in [0.4, 0.5) is 5.95 Å². The number of fused-ring (bicyclic) bond motifs is 2. The molecule has 0 N–H and O–H groups in total. The molecular weight excluding hydrogens is 360 g/mol. The van der Waals surface area contributed by atoms with Gasteiger partial charge < -0.3 is 4.90 Å². The maximum Gasteiger partial charge on any atom is 0.225 e. The molecule has 2 bridgehead atoms. The Labute approximate surface area is 176 Å².